The van der Waals surface area contributed by atoms with Gasteiger partial charge in [0.2, 0.25) is 0 Å². The largest absolute Gasteiger partial charge is 0.460 e. The third-order valence-electron chi connectivity index (χ3n) is 4.28. The van der Waals surface area contributed by atoms with E-state index in [0.29, 0.717) is 29.0 Å². The first-order valence-corrected chi connectivity index (χ1v) is 8.69. The maximum Gasteiger partial charge on any atom is 0.269 e. The predicted octanol–water partition coefficient (Wildman–Crippen LogP) is 4.51. The standard InChI is InChI=1S/C21H18N2O5/c1-3-19-18(16-6-4-5-7-20(16)28-19)12-17(13(2)24)21(25)22-14-8-10-15(11-9-14)23(26)27/h4-12H,3H2,1-2H3,(H,22,25)/b17-12+. The second-order valence-electron chi connectivity index (χ2n) is 6.16. The van der Waals surface area contributed by atoms with E-state index in [2.05, 4.69) is 5.32 Å². The molecule has 3 rings (SSSR count). The van der Waals surface area contributed by atoms with Crippen LogP contribution in [-0.2, 0) is 16.0 Å². The van der Waals surface area contributed by atoms with Crippen molar-refractivity contribution >= 4 is 40.1 Å². The number of hydrogen-bond acceptors (Lipinski definition) is 5. The molecule has 1 amide bonds. The van der Waals surface area contributed by atoms with Crippen LogP contribution in [0.5, 0.6) is 0 Å². The summed E-state index contributed by atoms with van der Waals surface area (Å²) in [6.07, 6.45) is 2.14. The van der Waals surface area contributed by atoms with E-state index < -0.39 is 16.6 Å². The Morgan fingerprint density at radius 3 is 2.43 bits per heavy atom. The first kappa shape index (κ1) is 19.0. The molecule has 142 valence electrons. The van der Waals surface area contributed by atoms with E-state index in [1.54, 1.807) is 0 Å². The minimum atomic E-state index is -0.589. The van der Waals surface area contributed by atoms with Gasteiger partial charge in [-0.1, -0.05) is 25.1 Å². The number of carbonyl (C=O) groups is 2. The average molecular weight is 378 g/mol. The number of nitrogens with zero attached hydrogens (tertiary/aromatic N) is 1. The number of benzene rings is 2. The zero-order chi connectivity index (χ0) is 20.3. The van der Waals surface area contributed by atoms with Crippen LogP contribution in [0.2, 0.25) is 0 Å². The van der Waals surface area contributed by atoms with E-state index in [1.807, 2.05) is 31.2 Å². The highest BCUT2D eigenvalue weighted by atomic mass is 16.6. The molecule has 0 saturated carbocycles. The number of para-hydroxylation sites is 1. The lowest BCUT2D eigenvalue weighted by Gasteiger charge is -2.07. The molecule has 1 aromatic heterocycles. The van der Waals surface area contributed by atoms with Crippen LogP contribution < -0.4 is 5.32 Å². The fraction of sp³-hybridized carbons (Fsp3) is 0.143. The molecule has 0 aliphatic heterocycles. The van der Waals surface area contributed by atoms with Crippen LogP contribution in [0.25, 0.3) is 17.0 Å². The van der Waals surface area contributed by atoms with Crippen LogP contribution >= 0.6 is 0 Å². The average Bonchev–Trinajstić information content (AvgIpc) is 3.03. The lowest BCUT2D eigenvalue weighted by Crippen LogP contribution is -2.19. The van der Waals surface area contributed by atoms with Crippen LogP contribution in [-0.4, -0.2) is 16.6 Å². The molecular weight excluding hydrogens is 360 g/mol. The van der Waals surface area contributed by atoms with Gasteiger partial charge in [0, 0.05) is 35.2 Å². The minimum Gasteiger partial charge on any atom is -0.460 e. The molecule has 0 aliphatic carbocycles. The lowest BCUT2D eigenvalue weighted by atomic mass is 10.0. The summed E-state index contributed by atoms with van der Waals surface area (Å²) >= 11 is 0. The molecule has 7 nitrogen and oxygen atoms in total. The van der Waals surface area contributed by atoms with Gasteiger partial charge >= 0.3 is 0 Å². The molecule has 0 spiro atoms. The van der Waals surface area contributed by atoms with Crippen LogP contribution in [0.3, 0.4) is 0 Å². The van der Waals surface area contributed by atoms with Crippen molar-refractivity contribution in [3.05, 3.63) is 75.5 Å². The zero-order valence-corrected chi connectivity index (χ0v) is 15.4. The van der Waals surface area contributed by atoms with E-state index in [-0.39, 0.29) is 11.3 Å². The molecule has 0 unspecified atom stereocenters. The van der Waals surface area contributed by atoms with E-state index in [1.165, 1.54) is 37.3 Å². The van der Waals surface area contributed by atoms with Crippen molar-refractivity contribution in [2.75, 3.05) is 5.32 Å². The highest BCUT2D eigenvalue weighted by Gasteiger charge is 2.19. The number of Topliss-reactive ketones (excluding diaryl/α,β-unsaturated/α-hetero) is 1. The number of rotatable bonds is 6. The zero-order valence-electron chi connectivity index (χ0n) is 15.4. The highest BCUT2D eigenvalue weighted by Crippen LogP contribution is 2.29. The Bertz CT molecular complexity index is 1090. The number of fused-ring (bicyclic) bond motifs is 1. The fourth-order valence-electron chi connectivity index (χ4n) is 2.87. The van der Waals surface area contributed by atoms with Gasteiger partial charge in [-0.05, 0) is 31.2 Å². The van der Waals surface area contributed by atoms with Crippen LogP contribution in [0.1, 0.15) is 25.2 Å². The third-order valence-corrected chi connectivity index (χ3v) is 4.28. The van der Waals surface area contributed by atoms with E-state index in [4.69, 9.17) is 4.42 Å². The summed E-state index contributed by atoms with van der Waals surface area (Å²) in [5.74, 6) is -0.302. The molecule has 2 aromatic carbocycles. The number of nitro benzene ring substituents is 1. The minimum absolute atomic E-state index is 0.0281. The van der Waals surface area contributed by atoms with Crippen molar-refractivity contribution in [3.63, 3.8) is 0 Å². The molecule has 7 heteroatoms. The number of nitro groups is 1. The summed E-state index contributed by atoms with van der Waals surface area (Å²) < 4.78 is 5.81. The Kier molecular flexibility index (Phi) is 5.35. The predicted molar refractivity (Wildman–Crippen MR) is 106 cm³/mol. The van der Waals surface area contributed by atoms with Gasteiger partial charge in [-0.2, -0.15) is 0 Å². The Morgan fingerprint density at radius 1 is 1.14 bits per heavy atom. The first-order chi connectivity index (χ1) is 13.4. The van der Waals surface area contributed by atoms with Gasteiger partial charge in [-0.3, -0.25) is 19.7 Å². The van der Waals surface area contributed by atoms with Crippen LogP contribution in [0, 0.1) is 10.1 Å². The van der Waals surface area contributed by atoms with Crippen molar-refractivity contribution in [2.24, 2.45) is 0 Å². The topological polar surface area (TPSA) is 102 Å². The van der Waals surface area contributed by atoms with Crippen molar-refractivity contribution in [3.8, 4) is 0 Å². The number of hydrogen-bond donors (Lipinski definition) is 1. The van der Waals surface area contributed by atoms with Crippen molar-refractivity contribution in [1.29, 1.82) is 0 Å². The molecule has 3 aromatic rings. The van der Waals surface area contributed by atoms with Gasteiger partial charge in [0.15, 0.2) is 5.78 Å². The third kappa shape index (κ3) is 3.83. The molecule has 0 radical (unpaired) electrons. The molecule has 28 heavy (non-hydrogen) atoms. The maximum atomic E-state index is 12.7. The number of furan rings is 1. The summed E-state index contributed by atoms with van der Waals surface area (Å²) in [6, 6.07) is 12.8. The molecule has 1 heterocycles. The summed E-state index contributed by atoms with van der Waals surface area (Å²) in [6.45, 7) is 3.24. The van der Waals surface area contributed by atoms with E-state index in [9.17, 15) is 19.7 Å². The molecular formula is C21H18N2O5. The Balaban J connectivity index is 1.96. The highest BCUT2D eigenvalue weighted by molar-refractivity contribution is 6.26. The van der Waals surface area contributed by atoms with Crippen LogP contribution in [0.4, 0.5) is 11.4 Å². The number of amides is 1. The van der Waals surface area contributed by atoms with Gasteiger partial charge in [0.05, 0.1) is 10.5 Å². The number of carbonyl (C=O) groups excluding carboxylic acids is 2. The Labute approximate surface area is 160 Å². The normalized spacial score (nSPS) is 11.4. The van der Waals surface area contributed by atoms with Gasteiger partial charge in [-0.15, -0.1) is 0 Å². The summed E-state index contributed by atoms with van der Waals surface area (Å²) in [5, 5.41) is 14.2. The smallest absolute Gasteiger partial charge is 0.269 e. The number of aryl methyl sites for hydroxylation is 1. The van der Waals surface area contributed by atoms with Crippen molar-refractivity contribution in [2.45, 2.75) is 20.3 Å². The number of non-ortho nitro benzene ring substituents is 1. The number of nitrogens with one attached hydrogen (secondary N) is 1. The van der Waals surface area contributed by atoms with Crippen LogP contribution in [0.15, 0.2) is 58.5 Å². The molecule has 0 aliphatic rings. The molecule has 1 N–H and O–H groups in total. The van der Waals surface area contributed by atoms with Crippen molar-refractivity contribution in [1.82, 2.24) is 0 Å². The second-order valence-corrected chi connectivity index (χ2v) is 6.16. The molecule has 0 saturated heterocycles. The van der Waals surface area contributed by atoms with Gasteiger partial charge in [-0.25, -0.2) is 0 Å². The maximum absolute atomic E-state index is 12.7. The van der Waals surface area contributed by atoms with E-state index >= 15 is 0 Å². The fourth-order valence-corrected chi connectivity index (χ4v) is 2.87. The van der Waals surface area contributed by atoms with Gasteiger partial charge in [0.25, 0.3) is 11.6 Å². The molecule has 0 fully saturated rings. The first-order valence-electron chi connectivity index (χ1n) is 8.69. The summed E-state index contributed by atoms with van der Waals surface area (Å²) in [4.78, 5) is 35.0. The van der Waals surface area contributed by atoms with E-state index in [0.717, 1.165) is 5.39 Å². The number of anilines is 1. The summed E-state index contributed by atoms with van der Waals surface area (Å²) in [5.41, 5.74) is 1.62. The quantitative estimate of drug-likeness (QED) is 0.223. The summed E-state index contributed by atoms with van der Waals surface area (Å²) in [7, 11) is 0. The molecule has 0 bridgehead atoms. The Morgan fingerprint density at radius 2 is 1.82 bits per heavy atom. The lowest BCUT2D eigenvalue weighted by molar-refractivity contribution is -0.384. The SMILES string of the molecule is CCc1oc2ccccc2c1/C=C(\C(C)=O)C(=O)Nc1ccc([N+](=O)[O-])cc1. The van der Waals surface area contributed by atoms with Gasteiger partial charge in [0.1, 0.15) is 11.3 Å². The Hall–Kier alpha value is -3.74. The number of ketones is 1. The van der Waals surface area contributed by atoms with Gasteiger partial charge < -0.3 is 9.73 Å². The second kappa shape index (κ2) is 7.87. The van der Waals surface area contributed by atoms with Crippen molar-refractivity contribution < 1.29 is 18.9 Å². The molecule has 0 atom stereocenters. The monoisotopic (exact) mass is 378 g/mol.